The molecule has 1 aliphatic rings. The van der Waals surface area contributed by atoms with E-state index in [1.807, 2.05) is 38.1 Å². The molecule has 0 bridgehead atoms. The lowest BCUT2D eigenvalue weighted by Crippen LogP contribution is -2.48. The minimum absolute atomic E-state index is 0.00183. The van der Waals surface area contributed by atoms with Crippen molar-refractivity contribution in [1.82, 2.24) is 10.2 Å². The van der Waals surface area contributed by atoms with E-state index >= 15 is 0 Å². The molecule has 0 spiro atoms. The number of carbonyl (C=O) groups is 2. The highest BCUT2D eigenvalue weighted by Crippen LogP contribution is 2.20. The van der Waals surface area contributed by atoms with Crippen molar-refractivity contribution in [1.29, 1.82) is 0 Å². The Bertz CT molecular complexity index is 583. The SMILES string of the molecule is Cc1cccc(NC(=O)[C@@H](C)N2CCC(C(=O)NCCCO)CC2)c1. The topological polar surface area (TPSA) is 81.7 Å². The van der Waals surface area contributed by atoms with E-state index in [1.165, 1.54) is 0 Å². The molecule has 1 aliphatic heterocycles. The van der Waals surface area contributed by atoms with Crippen LogP contribution in [0.5, 0.6) is 0 Å². The monoisotopic (exact) mass is 347 g/mol. The van der Waals surface area contributed by atoms with Gasteiger partial charge in [0.05, 0.1) is 6.04 Å². The number of nitrogens with one attached hydrogen (secondary N) is 2. The van der Waals surface area contributed by atoms with E-state index in [9.17, 15) is 9.59 Å². The Morgan fingerprint density at radius 2 is 2.04 bits per heavy atom. The molecule has 0 saturated carbocycles. The van der Waals surface area contributed by atoms with Crippen molar-refractivity contribution in [3.63, 3.8) is 0 Å². The molecule has 1 fully saturated rings. The molecule has 3 N–H and O–H groups in total. The van der Waals surface area contributed by atoms with Crippen LogP contribution in [0, 0.1) is 12.8 Å². The third kappa shape index (κ3) is 5.83. The standard InChI is InChI=1S/C19H29N3O3/c1-14-5-3-6-17(13-14)21-18(24)15(2)22-10-7-16(8-11-22)19(25)20-9-4-12-23/h3,5-6,13,15-16,23H,4,7-12H2,1-2H3,(H,20,25)(H,21,24)/t15-/m1/s1. The number of amides is 2. The largest absolute Gasteiger partial charge is 0.396 e. The summed E-state index contributed by atoms with van der Waals surface area (Å²) in [6.45, 7) is 5.99. The van der Waals surface area contributed by atoms with Crippen molar-refractivity contribution >= 4 is 17.5 Å². The number of benzene rings is 1. The lowest BCUT2D eigenvalue weighted by Gasteiger charge is -2.34. The van der Waals surface area contributed by atoms with Gasteiger partial charge in [-0.05, 0) is 63.9 Å². The van der Waals surface area contributed by atoms with Gasteiger partial charge in [-0.15, -0.1) is 0 Å². The van der Waals surface area contributed by atoms with Crippen molar-refractivity contribution < 1.29 is 14.7 Å². The van der Waals surface area contributed by atoms with Crippen LogP contribution in [-0.2, 0) is 9.59 Å². The van der Waals surface area contributed by atoms with Crippen LogP contribution in [0.25, 0.3) is 0 Å². The number of aliphatic hydroxyl groups excluding tert-OH is 1. The number of aliphatic hydroxyl groups is 1. The summed E-state index contributed by atoms with van der Waals surface area (Å²) < 4.78 is 0. The van der Waals surface area contributed by atoms with Crippen LogP contribution in [0.3, 0.4) is 0 Å². The van der Waals surface area contributed by atoms with Gasteiger partial charge < -0.3 is 15.7 Å². The van der Waals surface area contributed by atoms with Crippen molar-refractivity contribution in [2.24, 2.45) is 5.92 Å². The van der Waals surface area contributed by atoms with Crippen LogP contribution < -0.4 is 10.6 Å². The summed E-state index contributed by atoms with van der Waals surface area (Å²) in [6, 6.07) is 7.54. The summed E-state index contributed by atoms with van der Waals surface area (Å²) >= 11 is 0. The first-order valence-corrected chi connectivity index (χ1v) is 9.01. The van der Waals surface area contributed by atoms with Crippen LogP contribution in [0.1, 0.15) is 31.7 Å². The minimum Gasteiger partial charge on any atom is -0.396 e. The molecule has 0 unspecified atom stereocenters. The minimum atomic E-state index is -0.223. The highest BCUT2D eigenvalue weighted by Gasteiger charge is 2.29. The van der Waals surface area contributed by atoms with Gasteiger partial charge in [-0.1, -0.05) is 12.1 Å². The average molecular weight is 347 g/mol. The summed E-state index contributed by atoms with van der Waals surface area (Å²) in [7, 11) is 0. The average Bonchev–Trinajstić information content (AvgIpc) is 2.61. The summed E-state index contributed by atoms with van der Waals surface area (Å²) in [5.41, 5.74) is 1.92. The zero-order valence-corrected chi connectivity index (χ0v) is 15.1. The molecule has 25 heavy (non-hydrogen) atoms. The molecule has 1 aromatic rings. The summed E-state index contributed by atoms with van der Waals surface area (Å²) in [5, 5.41) is 14.6. The van der Waals surface area contributed by atoms with Gasteiger partial charge in [0, 0.05) is 24.8 Å². The maximum Gasteiger partial charge on any atom is 0.241 e. The first-order valence-electron chi connectivity index (χ1n) is 9.01. The zero-order chi connectivity index (χ0) is 18.2. The van der Waals surface area contributed by atoms with Crippen LogP contribution >= 0.6 is 0 Å². The van der Waals surface area contributed by atoms with Gasteiger partial charge in [-0.3, -0.25) is 14.5 Å². The Morgan fingerprint density at radius 3 is 2.68 bits per heavy atom. The van der Waals surface area contributed by atoms with Crippen LogP contribution in [0.2, 0.25) is 0 Å². The fraction of sp³-hybridized carbons (Fsp3) is 0.579. The number of piperidine rings is 1. The Balaban J connectivity index is 1.79. The Labute approximate surface area is 149 Å². The third-order valence-electron chi connectivity index (χ3n) is 4.75. The highest BCUT2D eigenvalue weighted by atomic mass is 16.3. The molecule has 6 nitrogen and oxygen atoms in total. The lowest BCUT2D eigenvalue weighted by atomic mass is 9.95. The van der Waals surface area contributed by atoms with Crippen LogP contribution in [0.15, 0.2) is 24.3 Å². The normalized spacial score (nSPS) is 17.1. The molecule has 0 aliphatic carbocycles. The summed E-state index contributed by atoms with van der Waals surface area (Å²) in [5.74, 6) is 0.0448. The zero-order valence-electron chi connectivity index (χ0n) is 15.1. The number of hydrogen-bond donors (Lipinski definition) is 3. The van der Waals surface area contributed by atoms with Gasteiger partial charge in [0.25, 0.3) is 0 Å². The highest BCUT2D eigenvalue weighted by molar-refractivity contribution is 5.94. The number of anilines is 1. The molecule has 2 rings (SSSR count). The Hall–Kier alpha value is -1.92. The first-order chi connectivity index (χ1) is 12.0. The first kappa shape index (κ1) is 19.4. The van der Waals surface area contributed by atoms with E-state index in [2.05, 4.69) is 15.5 Å². The fourth-order valence-electron chi connectivity index (χ4n) is 3.12. The molecule has 1 saturated heterocycles. The van der Waals surface area contributed by atoms with Gasteiger partial charge >= 0.3 is 0 Å². The second-order valence-electron chi connectivity index (χ2n) is 6.71. The maximum atomic E-state index is 12.5. The van der Waals surface area contributed by atoms with E-state index in [-0.39, 0.29) is 30.4 Å². The molecule has 0 radical (unpaired) electrons. The Kier molecular flexibility index (Phi) is 7.40. The van der Waals surface area contributed by atoms with Crippen molar-refractivity contribution in [3.05, 3.63) is 29.8 Å². The molecule has 138 valence electrons. The lowest BCUT2D eigenvalue weighted by molar-refractivity contribution is -0.127. The number of hydrogen-bond acceptors (Lipinski definition) is 4. The molecule has 0 aromatic heterocycles. The molecular weight excluding hydrogens is 318 g/mol. The number of nitrogens with zero attached hydrogens (tertiary/aromatic N) is 1. The number of carbonyl (C=O) groups excluding carboxylic acids is 2. The smallest absolute Gasteiger partial charge is 0.241 e. The van der Waals surface area contributed by atoms with Gasteiger partial charge in [0.1, 0.15) is 0 Å². The molecule has 1 aromatic carbocycles. The summed E-state index contributed by atoms with van der Waals surface area (Å²) in [6.07, 6.45) is 2.10. The number of aryl methyl sites for hydroxylation is 1. The number of likely N-dealkylation sites (tertiary alicyclic amines) is 1. The van der Waals surface area contributed by atoms with Gasteiger partial charge in [0.15, 0.2) is 0 Å². The Morgan fingerprint density at radius 1 is 1.32 bits per heavy atom. The quantitative estimate of drug-likeness (QED) is 0.654. The fourth-order valence-corrected chi connectivity index (χ4v) is 3.12. The van der Waals surface area contributed by atoms with Gasteiger partial charge in [-0.25, -0.2) is 0 Å². The van der Waals surface area contributed by atoms with Gasteiger partial charge in [0.2, 0.25) is 11.8 Å². The molecule has 6 heteroatoms. The van der Waals surface area contributed by atoms with Crippen molar-refractivity contribution in [2.75, 3.05) is 31.6 Å². The molecule has 1 atom stereocenters. The van der Waals surface area contributed by atoms with E-state index < -0.39 is 0 Å². The van der Waals surface area contributed by atoms with E-state index in [4.69, 9.17) is 5.11 Å². The van der Waals surface area contributed by atoms with Crippen molar-refractivity contribution in [2.45, 2.75) is 39.2 Å². The van der Waals surface area contributed by atoms with E-state index in [0.717, 1.165) is 37.2 Å². The predicted molar refractivity (Wildman–Crippen MR) is 98.3 cm³/mol. The number of rotatable bonds is 7. The predicted octanol–water partition coefficient (Wildman–Crippen LogP) is 1.53. The second-order valence-corrected chi connectivity index (χ2v) is 6.71. The van der Waals surface area contributed by atoms with Crippen LogP contribution in [0.4, 0.5) is 5.69 Å². The maximum absolute atomic E-state index is 12.5. The molecular formula is C19H29N3O3. The third-order valence-corrected chi connectivity index (χ3v) is 4.75. The van der Waals surface area contributed by atoms with Crippen molar-refractivity contribution in [3.8, 4) is 0 Å². The van der Waals surface area contributed by atoms with E-state index in [1.54, 1.807) is 0 Å². The van der Waals surface area contributed by atoms with Crippen LogP contribution in [-0.4, -0.2) is 54.1 Å². The molecule has 1 heterocycles. The second kappa shape index (κ2) is 9.53. The van der Waals surface area contributed by atoms with Gasteiger partial charge in [-0.2, -0.15) is 0 Å². The van der Waals surface area contributed by atoms with E-state index in [0.29, 0.717) is 13.0 Å². The summed E-state index contributed by atoms with van der Waals surface area (Å²) in [4.78, 5) is 26.7. The molecule has 2 amide bonds.